The van der Waals surface area contributed by atoms with E-state index in [2.05, 4.69) is 25.3 Å². The summed E-state index contributed by atoms with van der Waals surface area (Å²) >= 11 is 5.00. The first-order valence-corrected chi connectivity index (χ1v) is 13.4. The fourth-order valence-electron chi connectivity index (χ4n) is 4.18. The summed E-state index contributed by atoms with van der Waals surface area (Å²) in [6.45, 7) is 12.0. The average Bonchev–Trinajstić information content (AvgIpc) is 3.15. The zero-order valence-corrected chi connectivity index (χ0v) is 20.5. The van der Waals surface area contributed by atoms with Crippen molar-refractivity contribution in [3.8, 4) is 0 Å². The van der Waals surface area contributed by atoms with Crippen molar-refractivity contribution in [3.63, 3.8) is 0 Å². The topological polar surface area (TPSA) is 60.4 Å². The van der Waals surface area contributed by atoms with Gasteiger partial charge in [0.25, 0.3) is 0 Å². The van der Waals surface area contributed by atoms with E-state index in [4.69, 9.17) is 24.4 Å². The maximum absolute atomic E-state index is 6.24. The second kappa shape index (κ2) is 8.51. The number of fused-ring (bicyclic) bond motifs is 5. The number of rotatable bonds is 5. The van der Waals surface area contributed by atoms with Gasteiger partial charge in [0, 0.05) is 36.2 Å². The summed E-state index contributed by atoms with van der Waals surface area (Å²) in [5.41, 5.74) is 3.35. The predicted molar refractivity (Wildman–Crippen MR) is 131 cm³/mol. The predicted octanol–water partition coefficient (Wildman–Crippen LogP) is 4.93. The summed E-state index contributed by atoms with van der Waals surface area (Å²) in [6.07, 6.45) is 4.79. The molecule has 0 spiro atoms. The number of nitrogens with zero attached hydrogens (tertiary/aromatic N) is 4. The normalized spacial score (nSPS) is 18.5. The highest BCUT2D eigenvalue weighted by atomic mass is 32.2. The van der Waals surface area contributed by atoms with Crippen LogP contribution in [0.25, 0.3) is 20.4 Å². The lowest BCUT2D eigenvalue weighted by Gasteiger charge is -2.36. The van der Waals surface area contributed by atoms with Crippen LogP contribution in [0.15, 0.2) is 22.8 Å². The van der Waals surface area contributed by atoms with E-state index in [1.165, 1.54) is 16.5 Å². The molecule has 0 unspecified atom stereocenters. The third-order valence-electron chi connectivity index (χ3n) is 5.65. The first kappa shape index (κ1) is 21.5. The fourth-order valence-corrected chi connectivity index (χ4v) is 6.58. The summed E-state index contributed by atoms with van der Waals surface area (Å²) in [7, 11) is 0. The molecule has 5 heterocycles. The molecule has 0 radical (unpaired) electrons. The minimum absolute atomic E-state index is 0.215. The first-order chi connectivity index (χ1) is 15.0. The van der Waals surface area contributed by atoms with Crippen LogP contribution in [0, 0.1) is 0 Å². The van der Waals surface area contributed by atoms with Crippen LogP contribution in [0.3, 0.4) is 0 Å². The second-order valence-electron chi connectivity index (χ2n) is 8.29. The van der Waals surface area contributed by atoms with Gasteiger partial charge < -0.3 is 14.4 Å². The van der Waals surface area contributed by atoms with E-state index in [0.29, 0.717) is 6.61 Å². The molecule has 164 valence electrons. The monoisotopic (exact) mass is 474 g/mol. The van der Waals surface area contributed by atoms with Gasteiger partial charge >= 0.3 is 0 Å². The Kier molecular flexibility index (Phi) is 5.89. The van der Waals surface area contributed by atoms with Crippen LogP contribution in [0.5, 0.6) is 0 Å². The number of hydrogen-bond donors (Lipinski definition) is 0. The third kappa shape index (κ3) is 3.95. The number of pyridine rings is 1. The van der Waals surface area contributed by atoms with Crippen LogP contribution in [-0.4, -0.2) is 58.9 Å². The van der Waals surface area contributed by atoms with Crippen LogP contribution in [-0.2, 0) is 22.5 Å². The summed E-state index contributed by atoms with van der Waals surface area (Å²) < 4.78 is 12.9. The molecule has 0 bridgehead atoms. The van der Waals surface area contributed by atoms with Gasteiger partial charge in [0.1, 0.15) is 15.7 Å². The average molecular weight is 475 g/mol. The summed E-state index contributed by atoms with van der Waals surface area (Å²) in [5, 5.41) is 3.00. The fraction of sp³-hybridized carbons (Fsp3) is 0.500. The van der Waals surface area contributed by atoms with Crippen LogP contribution in [0.2, 0.25) is 0 Å². The van der Waals surface area contributed by atoms with Gasteiger partial charge in [-0.05, 0) is 25.7 Å². The lowest BCUT2D eigenvalue weighted by Crippen LogP contribution is -2.39. The molecule has 3 aromatic heterocycles. The van der Waals surface area contributed by atoms with Gasteiger partial charge in [-0.2, -0.15) is 0 Å². The number of morpholine rings is 1. The minimum atomic E-state index is -0.215. The number of ether oxygens (including phenoxy) is 2. The molecule has 0 N–H and O–H groups in total. The molecular weight excluding hydrogens is 448 g/mol. The quantitative estimate of drug-likeness (QED) is 0.223. The number of aromatic nitrogens is 3. The van der Waals surface area contributed by atoms with Gasteiger partial charge in [0.05, 0.1) is 35.6 Å². The van der Waals surface area contributed by atoms with Crippen molar-refractivity contribution >= 4 is 61.1 Å². The Bertz CT molecular complexity index is 1160. The Balaban J connectivity index is 1.79. The number of thioether (sulfide) groups is 2. The van der Waals surface area contributed by atoms with Crippen LogP contribution in [0.1, 0.15) is 25.0 Å². The van der Waals surface area contributed by atoms with Gasteiger partial charge in [-0.25, -0.2) is 15.0 Å². The van der Waals surface area contributed by atoms with Crippen LogP contribution < -0.4 is 4.90 Å². The lowest BCUT2D eigenvalue weighted by molar-refractivity contribution is -0.0396. The lowest BCUT2D eigenvalue weighted by atomic mass is 9.90. The van der Waals surface area contributed by atoms with Crippen molar-refractivity contribution in [2.45, 2.75) is 42.7 Å². The van der Waals surface area contributed by atoms with E-state index in [1.54, 1.807) is 34.9 Å². The molecule has 1 saturated heterocycles. The molecule has 0 aliphatic carbocycles. The highest BCUT2D eigenvalue weighted by molar-refractivity contribution is 8.00. The summed E-state index contributed by atoms with van der Waals surface area (Å²) in [6, 6.07) is 0. The minimum Gasteiger partial charge on any atom is -0.378 e. The van der Waals surface area contributed by atoms with Crippen molar-refractivity contribution < 1.29 is 9.47 Å². The Morgan fingerprint density at radius 1 is 1.19 bits per heavy atom. The Labute approximate surface area is 194 Å². The van der Waals surface area contributed by atoms with Crippen LogP contribution >= 0.6 is 34.9 Å². The van der Waals surface area contributed by atoms with Gasteiger partial charge in [-0.15, -0.1) is 29.7 Å². The van der Waals surface area contributed by atoms with E-state index < -0.39 is 0 Å². The molecule has 9 heteroatoms. The Hall–Kier alpha value is -1.39. The summed E-state index contributed by atoms with van der Waals surface area (Å²) in [5.74, 6) is 1.87. The third-order valence-corrected chi connectivity index (χ3v) is 8.38. The molecule has 5 rings (SSSR count). The smallest absolute Gasteiger partial charge is 0.189 e. The van der Waals surface area contributed by atoms with E-state index in [9.17, 15) is 0 Å². The number of anilines is 1. The van der Waals surface area contributed by atoms with Crippen molar-refractivity contribution in [2.75, 3.05) is 43.2 Å². The van der Waals surface area contributed by atoms with Gasteiger partial charge in [-0.3, -0.25) is 0 Å². The molecule has 3 aromatic rings. The van der Waals surface area contributed by atoms with Crippen molar-refractivity contribution in [3.05, 3.63) is 23.8 Å². The first-order valence-electron chi connectivity index (χ1n) is 10.4. The highest BCUT2D eigenvalue weighted by Crippen LogP contribution is 2.45. The van der Waals surface area contributed by atoms with Gasteiger partial charge in [0.2, 0.25) is 0 Å². The Morgan fingerprint density at radius 2 is 2.00 bits per heavy atom. The molecular formula is C22H26N4O2S3. The molecule has 6 nitrogen and oxygen atoms in total. The van der Waals surface area contributed by atoms with Crippen molar-refractivity contribution in [2.24, 2.45) is 0 Å². The Morgan fingerprint density at radius 3 is 2.74 bits per heavy atom. The molecule has 0 saturated carbocycles. The second-order valence-corrected chi connectivity index (χ2v) is 11.1. The molecule has 0 aromatic carbocycles. The maximum atomic E-state index is 6.24. The van der Waals surface area contributed by atoms with E-state index in [0.717, 1.165) is 69.5 Å². The highest BCUT2D eigenvalue weighted by Gasteiger charge is 2.33. The molecule has 31 heavy (non-hydrogen) atoms. The van der Waals surface area contributed by atoms with Gasteiger partial charge in [-0.1, -0.05) is 17.8 Å². The summed E-state index contributed by atoms with van der Waals surface area (Å²) in [4.78, 5) is 18.3. The van der Waals surface area contributed by atoms with E-state index >= 15 is 0 Å². The molecule has 2 aliphatic heterocycles. The standard InChI is InChI=1S/C22H26N4O2S3/c1-5-10-30-20-17-16(23-21(25-20)29-4)15-13-11-22(2,3)28-12-14(13)18(24-19(15)31-17)26-6-8-27-9-7-26/h5H,1,6-12H2,2-4H3. The zero-order chi connectivity index (χ0) is 21.6. The van der Waals surface area contributed by atoms with Crippen molar-refractivity contribution in [1.82, 2.24) is 15.0 Å². The van der Waals surface area contributed by atoms with Gasteiger partial charge in [0.15, 0.2) is 5.16 Å². The number of thiophene rings is 1. The maximum Gasteiger partial charge on any atom is 0.189 e. The molecule has 2 aliphatic rings. The van der Waals surface area contributed by atoms with Crippen molar-refractivity contribution in [1.29, 1.82) is 0 Å². The van der Waals surface area contributed by atoms with E-state index in [-0.39, 0.29) is 5.60 Å². The van der Waals surface area contributed by atoms with E-state index in [1.807, 2.05) is 12.3 Å². The molecule has 1 fully saturated rings. The largest absolute Gasteiger partial charge is 0.378 e. The SMILES string of the molecule is C=CCSc1nc(SC)nc2c1sc1nc(N3CCOCC3)c3c(c12)CC(C)(C)OC3. The molecule has 0 amide bonds. The molecule has 0 atom stereocenters. The number of hydrogen-bond acceptors (Lipinski definition) is 9. The zero-order valence-electron chi connectivity index (χ0n) is 18.1. The van der Waals surface area contributed by atoms with Crippen LogP contribution in [0.4, 0.5) is 5.82 Å².